The molecule has 2 heterocycles. The van der Waals surface area contributed by atoms with Crippen molar-refractivity contribution in [3.63, 3.8) is 0 Å². The molecule has 0 aliphatic carbocycles. The number of fused-ring (bicyclic) bond motifs is 1. The van der Waals surface area contributed by atoms with Crippen molar-refractivity contribution in [1.82, 2.24) is 10.3 Å². The number of aromatic amines is 1. The minimum absolute atomic E-state index is 0.487. The third kappa shape index (κ3) is 3.63. The Labute approximate surface area is 156 Å². The molecule has 0 saturated carbocycles. The summed E-state index contributed by atoms with van der Waals surface area (Å²) in [4.78, 5) is 3.28. The van der Waals surface area contributed by atoms with Gasteiger partial charge in [0.2, 0.25) is 0 Å². The number of H-pyrrole nitrogens is 1. The summed E-state index contributed by atoms with van der Waals surface area (Å²) < 4.78 is 1.14. The van der Waals surface area contributed by atoms with Crippen LogP contribution in [0.1, 0.15) is 24.0 Å². The molecule has 1 unspecified atom stereocenters. The van der Waals surface area contributed by atoms with Crippen LogP contribution in [0.2, 0.25) is 0 Å². The molecule has 2 N–H and O–H groups in total. The normalized spacial score (nSPS) is 18.0. The van der Waals surface area contributed by atoms with E-state index < -0.39 is 0 Å². The fraction of sp³-hybridized carbons (Fsp3) is 0.182. The molecule has 3 aromatic rings. The average Bonchev–Trinajstić information content (AvgIpc) is 3.13. The van der Waals surface area contributed by atoms with Crippen LogP contribution in [0.15, 0.2) is 71.4 Å². The summed E-state index contributed by atoms with van der Waals surface area (Å²) >= 11 is 3.68. The predicted octanol–water partition coefficient (Wildman–Crippen LogP) is 5.78. The molecule has 126 valence electrons. The van der Waals surface area contributed by atoms with Crippen LogP contribution in [-0.2, 0) is 0 Å². The van der Waals surface area contributed by atoms with E-state index in [1.54, 1.807) is 0 Å². The van der Waals surface area contributed by atoms with Gasteiger partial charge in [0.1, 0.15) is 0 Å². The van der Waals surface area contributed by atoms with E-state index in [1.807, 2.05) is 6.20 Å². The van der Waals surface area contributed by atoms with Crippen molar-refractivity contribution in [1.29, 1.82) is 0 Å². The highest BCUT2D eigenvalue weighted by molar-refractivity contribution is 9.10. The van der Waals surface area contributed by atoms with E-state index in [4.69, 9.17) is 0 Å². The summed E-state index contributed by atoms with van der Waals surface area (Å²) in [5.41, 5.74) is 5.21. The quantitative estimate of drug-likeness (QED) is 0.578. The van der Waals surface area contributed by atoms with Gasteiger partial charge in [-0.15, -0.1) is 0 Å². The lowest BCUT2D eigenvalue weighted by molar-refractivity contribution is 0.542. The van der Waals surface area contributed by atoms with Crippen molar-refractivity contribution in [2.75, 3.05) is 6.54 Å². The van der Waals surface area contributed by atoms with Crippen LogP contribution in [0.5, 0.6) is 0 Å². The standard InChI is InChI=1S/C22H21BrN2/c23-21-9-10-22-20(12-14-25-22)19(21)8-4-7-18-15-17(11-13-24-18)16-5-2-1-3-6-16/h1-6,8-12,14,18,24-25H,7,13,15H2/b8-4+. The summed E-state index contributed by atoms with van der Waals surface area (Å²) in [7, 11) is 0. The molecule has 0 bridgehead atoms. The first-order valence-corrected chi connectivity index (χ1v) is 9.50. The van der Waals surface area contributed by atoms with E-state index in [-0.39, 0.29) is 0 Å². The second kappa shape index (κ2) is 7.42. The average molecular weight is 393 g/mol. The summed E-state index contributed by atoms with van der Waals surface area (Å²) in [6.45, 7) is 0.944. The van der Waals surface area contributed by atoms with E-state index in [0.29, 0.717) is 6.04 Å². The second-order valence-electron chi connectivity index (χ2n) is 6.44. The van der Waals surface area contributed by atoms with Crippen LogP contribution >= 0.6 is 15.9 Å². The summed E-state index contributed by atoms with van der Waals surface area (Å²) in [6.07, 6.45) is 10.9. The van der Waals surface area contributed by atoms with Crippen molar-refractivity contribution in [2.24, 2.45) is 0 Å². The van der Waals surface area contributed by atoms with Crippen LogP contribution in [0.4, 0.5) is 0 Å². The zero-order valence-corrected chi connectivity index (χ0v) is 15.6. The molecule has 0 spiro atoms. The highest BCUT2D eigenvalue weighted by Gasteiger charge is 2.14. The van der Waals surface area contributed by atoms with Gasteiger partial charge in [0, 0.05) is 34.2 Å². The maximum absolute atomic E-state index is 3.68. The number of nitrogens with one attached hydrogen (secondary N) is 2. The van der Waals surface area contributed by atoms with Crippen LogP contribution in [0.3, 0.4) is 0 Å². The van der Waals surface area contributed by atoms with E-state index in [1.165, 1.54) is 27.6 Å². The summed E-state index contributed by atoms with van der Waals surface area (Å²) in [5.74, 6) is 0. The molecule has 1 aliphatic rings. The van der Waals surface area contributed by atoms with Gasteiger partial charge in [0.25, 0.3) is 0 Å². The van der Waals surface area contributed by atoms with E-state index in [9.17, 15) is 0 Å². The van der Waals surface area contributed by atoms with Crippen LogP contribution in [0.25, 0.3) is 22.6 Å². The van der Waals surface area contributed by atoms with E-state index in [0.717, 1.165) is 23.9 Å². The Balaban J connectivity index is 1.46. The molecule has 0 fully saturated rings. The fourth-order valence-electron chi connectivity index (χ4n) is 3.47. The number of rotatable bonds is 4. The largest absolute Gasteiger partial charge is 0.361 e. The number of benzene rings is 2. The Kier molecular flexibility index (Phi) is 4.86. The molecular weight excluding hydrogens is 372 g/mol. The number of aromatic nitrogens is 1. The van der Waals surface area contributed by atoms with Gasteiger partial charge >= 0.3 is 0 Å². The lowest BCUT2D eigenvalue weighted by Gasteiger charge is -2.23. The third-order valence-electron chi connectivity index (χ3n) is 4.79. The molecule has 1 atom stereocenters. The number of hydrogen-bond acceptors (Lipinski definition) is 1. The summed E-state index contributed by atoms with van der Waals surface area (Å²) in [6, 6.07) is 17.5. The van der Waals surface area contributed by atoms with Crippen LogP contribution in [0, 0.1) is 0 Å². The zero-order valence-electron chi connectivity index (χ0n) is 14.0. The molecule has 1 aromatic heterocycles. The van der Waals surface area contributed by atoms with Gasteiger partial charge in [0.15, 0.2) is 0 Å². The topological polar surface area (TPSA) is 27.8 Å². The van der Waals surface area contributed by atoms with Gasteiger partial charge < -0.3 is 10.3 Å². The second-order valence-corrected chi connectivity index (χ2v) is 7.30. The Morgan fingerprint density at radius 1 is 1.08 bits per heavy atom. The molecule has 4 rings (SSSR count). The van der Waals surface area contributed by atoms with Crippen molar-refractivity contribution in [2.45, 2.75) is 18.9 Å². The lowest BCUT2D eigenvalue weighted by atomic mass is 9.93. The summed E-state index contributed by atoms with van der Waals surface area (Å²) in [5, 5.41) is 4.86. The molecule has 0 amide bonds. The minimum atomic E-state index is 0.487. The van der Waals surface area contributed by atoms with Crippen LogP contribution in [-0.4, -0.2) is 17.6 Å². The van der Waals surface area contributed by atoms with Gasteiger partial charge in [-0.1, -0.05) is 64.5 Å². The van der Waals surface area contributed by atoms with Gasteiger partial charge in [-0.3, -0.25) is 0 Å². The van der Waals surface area contributed by atoms with Gasteiger partial charge in [0.05, 0.1) is 0 Å². The van der Waals surface area contributed by atoms with E-state index in [2.05, 4.69) is 93.0 Å². The Morgan fingerprint density at radius 2 is 1.96 bits per heavy atom. The SMILES string of the molecule is Brc1ccc2[nH]ccc2c1/C=C/CC1CC(c2ccccc2)=CCN1. The van der Waals surface area contributed by atoms with Gasteiger partial charge in [-0.25, -0.2) is 0 Å². The monoisotopic (exact) mass is 392 g/mol. The highest BCUT2D eigenvalue weighted by Crippen LogP contribution is 2.28. The first kappa shape index (κ1) is 16.4. The molecule has 0 radical (unpaired) electrons. The molecule has 2 nitrogen and oxygen atoms in total. The molecule has 0 saturated heterocycles. The third-order valence-corrected chi connectivity index (χ3v) is 5.49. The van der Waals surface area contributed by atoms with Crippen LogP contribution < -0.4 is 5.32 Å². The molecule has 1 aliphatic heterocycles. The fourth-order valence-corrected chi connectivity index (χ4v) is 3.95. The lowest BCUT2D eigenvalue weighted by Crippen LogP contribution is -2.32. The highest BCUT2D eigenvalue weighted by atomic mass is 79.9. The molecule has 2 aromatic carbocycles. The van der Waals surface area contributed by atoms with Gasteiger partial charge in [-0.05, 0) is 47.7 Å². The zero-order chi connectivity index (χ0) is 17.1. The minimum Gasteiger partial charge on any atom is -0.361 e. The Hall–Kier alpha value is -2.10. The van der Waals surface area contributed by atoms with Crippen molar-refractivity contribution in [3.8, 4) is 0 Å². The number of hydrogen-bond donors (Lipinski definition) is 2. The maximum atomic E-state index is 3.68. The van der Waals surface area contributed by atoms with E-state index >= 15 is 0 Å². The Bertz CT molecular complexity index is 922. The van der Waals surface area contributed by atoms with Crippen molar-refractivity contribution >= 4 is 38.5 Å². The first-order chi connectivity index (χ1) is 12.3. The molecule has 3 heteroatoms. The Morgan fingerprint density at radius 3 is 2.84 bits per heavy atom. The first-order valence-electron chi connectivity index (χ1n) is 8.71. The number of halogens is 1. The van der Waals surface area contributed by atoms with Crippen molar-refractivity contribution in [3.05, 3.63) is 82.5 Å². The van der Waals surface area contributed by atoms with Crippen molar-refractivity contribution < 1.29 is 0 Å². The molecule has 25 heavy (non-hydrogen) atoms. The predicted molar refractivity (Wildman–Crippen MR) is 110 cm³/mol. The smallest absolute Gasteiger partial charge is 0.0460 e. The van der Waals surface area contributed by atoms with Gasteiger partial charge in [-0.2, -0.15) is 0 Å². The maximum Gasteiger partial charge on any atom is 0.0460 e. The molecular formula is C22H21BrN2.